The van der Waals surface area contributed by atoms with Crippen molar-refractivity contribution in [2.24, 2.45) is 0 Å². The van der Waals surface area contributed by atoms with Crippen LogP contribution in [0.15, 0.2) is 170 Å². The maximum absolute atomic E-state index is 11.8. The maximum atomic E-state index is 11.8. The molecule has 0 bridgehead atoms. The predicted octanol–water partition coefficient (Wildman–Crippen LogP) is 21.2. The summed E-state index contributed by atoms with van der Waals surface area (Å²) in [5, 5.41) is 80.6. The molecule has 7 aliphatic carbocycles. The van der Waals surface area contributed by atoms with E-state index in [0.717, 1.165) is 69.7 Å². The molecule has 0 aromatic heterocycles. The highest BCUT2D eigenvalue weighted by Gasteiger charge is 2.46. The summed E-state index contributed by atoms with van der Waals surface area (Å²) in [5.74, 6) is -10.7. The molecule has 0 saturated heterocycles. The van der Waals surface area contributed by atoms with Crippen molar-refractivity contribution in [3.8, 4) is 40.2 Å². The molecular weight excluding hydrogens is 1750 g/mol. The molecule has 7 N–H and O–H groups in total. The van der Waals surface area contributed by atoms with E-state index in [9.17, 15) is 35.7 Å². The zero-order chi connectivity index (χ0) is 158. The lowest BCUT2D eigenvalue weighted by Gasteiger charge is -2.40. The van der Waals surface area contributed by atoms with E-state index >= 15 is 0 Å². The van der Waals surface area contributed by atoms with Gasteiger partial charge in [0.15, 0.2) is 0 Å². The molecule has 21 nitrogen and oxygen atoms in total. The van der Waals surface area contributed by atoms with Gasteiger partial charge in [0, 0.05) is 175 Å². The van der Waals surface area contributed by atoms with Gasteiger partial charge in [-0.3, -0.25) is 0 Å². The van der Waals surface area contributed by atoms with Crippen LogP contribution < -0.4 is 33.2 Å². The van der Waals surface area contributed by atoms with Crippen LogP contribution in [-0.4, -0.2) is 303 Å². The highest BCUT2D eigenvalue weighted by Crippen LogP contribution is 2.49. The van der Waals surface area contributed by atoms with Crippen LogP contribution >= 0.6 is 0 Å². The van der Waals surface area contributed by atoms with E-state index in [1.165, 1.54) is 150 Å². The molecular formula is C119H189N7O14. The quantitative estimate of drug-likeness (QED) is 0.0196. The molecule has 7 aliphatic rings. The molecule has 7 unspecified atom stereocenters. The first-order valence-corrected chi connectivity index (χ1v) is 46.4. The van der Waals surface area contributed by atoms with Crippen LogP contribution in [0.1, 0.15) is 392 Å². The third-order valence-electron chi connectivity index (χ3n) is 24.7. The fraction of sp³-hybridized carbons (Fsp3) is 0.647. The van der Waals surface area contributed by atoms with Crippen LogP contribution in [-0.2, 0) is 0 Å². The number of likely N-dealkylation sites (N-methyl/N-ethyl adjacent to an activating group) is 7. The second-order valence-electron chi connectivity index (χ2n) is 35.5. The smallest absolute Gasteiger partial charge is 0.118 e. The van der Waals surface area contributed by atoms with E-state index in [1.807, 2.05) is 0 Å². The Balaban J connectivity index is 0.000000284. The number of benzene rings is 7. The lowest BCUT2D eigenvalue weighted by Crippen LogP contribution is -2.42. The molecule has 0 heterocycles. The van der Waals surface area contributed by atoms with Gasteiger partial charge in [-0.05, 0) is 312 Å². The lowest BCUT2D eigenvalue weighted by atomic mass is 9.72. The number of nitrogens with zero attached hydrogens (tertiary/aromatic N) is 7. The Bertz CT molecular complexity index is 7360. The molecule has 7 atom stereocenters. The molecule has 0 spiro atoms. The zero-order valence-electron chi connectivity index (χ0n) is 146. The van der Waals surface area contributed by atoms with Gasteiger partial charge < -0.3 is 103 Å². The van der Waals surface area contributed by atoms with Gasteiger partial charge in [-0.15, -0.1) is 0 Å². The first-order valence-electron chi connectivity index (χ1n) is 78.4. The third-order valence-corrected chi connectivity index (χ3v) is 24.7. The van der Waals surface area contributed by atoms with Gasteiger partial charge in [-0.2, -0.15) is 0 Å². The fourth-order valence-electron chi connectivity index (χ4n) is 17.4. The van der Waals surface area contributed by atoms with Gasteiger partial charge in [0.05, 0.1) is 89.0 Å². The Morgan fingerprint density at radius 2 is 0.429 bits per heavy atom. The minimum atomic E-state index is -3.92. The van der Waals surface area contributed by atoms with Crippen molar-refractivity contribution in [2.75, 3.05) is 194 Å². The number of ether oxygens (including phenoxy) is 7. The Kier molecular flexibility index (Phi) is 23.2. The van der Waals surface area contributed by atoms with Crippen LogP contribution in [0.25, 0.3) is 0 Å². The summed E-state index contributed by atoms with van der Waals surface area (Å²) >= 11 is 0. The van der Waals surface area contributed by atoms with Crippen LogP contribution in [0.5, 0.6) is 40.2 Å². The molecule has 7 aromatic rings. The highest BCUT2D eigenvalue weighted by molar-refractivity contribution is 5.38. The summed E-state index contributed by atoms with van der Waals surface area (Å²) in [7, 11) is 18.8. The molecule has 21 heteroatoms. The summed E-state index contributed by atoms with van der Waals surface area (Å²) in [4.78, 5) is 4.25. The molecule has 0 radical (unpaired) electrons. The van der Waals surface area contributed by atoms with Crippen molar-refractivity contribution < 1.29 is 157 Å². The zero-order valence-corrected chi connectivity index (χ0v) is 82.5. The van der Waals surface area contributed by atoms with Gasteiger partial charge in [0.2, 0.25) is 0 Å². The van der Waals surface area contributed by atoms with Crippen molar-refractivity contribution in [1.29, 1.82) is 0 Å². The van der Waals surface area contributed by atoms with Crippen LogP contribution in [0.3, 0.4) is 0 Å². The summed E-state index contributed by atoms with van der Waals surface area (Å²) in [6, 6.07) is 41.3. The van der Waals surface area contributed by atoms with Crippen molar-refractivity contribution in [1.82, 2.24) is 34.3 Å². The maximum Gasteiger partial charge on any atom is 0.118 e. The minimum absolute atomic E-state index is 0.0174. The fourth-order valence-corrected chi connectivity index (χ4v) is 17.4. The lowest BCUT2D eigenvalue weighted by molar-refractivity contribution is -0.0280. The van der Waals surface area contributed by atoms with Crippen LogP contribution in [0.4, 0.5) is 0 Å². The molecule has 140 heavy (non-hydrogen) atoms. The average Bonchev–Trinajstić information content (AvgIpc) is 0.659. The largest absolute Gasteiger partial charge is 0.497 e. The third kappa shape index (κ3) is 36.7. The Hall–Kier alpha value is -7.42. The van der Waals surface area contributed by atoms with E-state index in [4.69, 9.17) is 121 Å². The molecule has 784 valence electrons. The Labute approximate surface area is 936 Å². The molecule has 7 aromatic carbocycles. The summed E-state index contributed by atoms with van der Waals surface area (Å²) in [6.45, 7) is -35.6. The van der Waals surface area contributed by atoms with Gasteiger partial charge in [-0.1, -0.05) is 219 Å². The normalized spacial score (nSPS) is 33.9. The summed E-state index contributed by atoms with van der Waals surface area (Å²) < 4.78 is 554. The van der Waals surface area contributed by atoms with Gasteiger partial charge >= 0.3 is 0 Å². The number of hydrogen-bond donors (Lipinski definition) is 7. The minimum Gasteiger partial charge on any atom is -0.497 e. The molecule has 7 saturated carbocycles. The van der Waals surface area contributed by atoms with Crippen molar-refractivity contribution in [3.05, 3.63) is 209 Å². The van der Waals surface area contributed by atoms with E-state index in [-0.39, 0.29) is 75.6 Å². The number of methoxy groups -OCH3 is 7. The SMILES string of the molecule is [2H]C([2H])(N(C)C)C([2H])(c1ccc(OC)cc1)C1(O)CCCCC1.[2H]C([2H])([2H])N(C([2H])([2H])[2H])C([2H])([2H])C([2H])(c1ccc(OC)cc1)C1(O)CCCCC1.[2H]C([2H])([2H])N(C)C([2H])([2H])C([2H])(c1ccc(OC)cc1)C1(O)CCCCC1.[2H]C([2H])([2H])N(C)CC(c1ccc(OC)cc1)C1(O)C([2H])([2H])C([2H])([2H])C([2H])([2H])C([2H])([2H])C1([2H])[2H].[2H]C([2H])([2H])N(CC([2H])(c1ccc(OC)cc1)C1(O)CCCCC1)C([2H])([2H])[2H].[2H]C([2H])([2H])N(CC(c1ccc(OC)cc1)C1(O)C([2H])([2H])C([2H])([2H])C([2H])([2H])C([2H])([2H])C1([2H])[2H])C([2H])([2H])[2H].[2H]C1([2H])C([2H])([2H])C([2H])([2H])C(O)(C(CN(C)C)c2ccc(OC)cc2)C([2H])([2H])C1([2H])[2H]. The van der Waals surface area contributed by atoms with Crippen LogP contribution in [0, 0.1) is 0 Å². The number of rotatable bonds is 35. The summed E-state index contributed by atoms with van der Waals surface area (Å²) in [5.41, 5.74) is -16.2. The molecule has 7 fully saturated rings. The van der Waals surface area contributed by atoms with Gasteiger partial charge in [-0.25, -0.2) is 0 Å². The van der Waals surface area contributed by atoms with Crippen LogP contribution in [0.2, 0.25) is 0 Å². The van der Waals surface area contributed by atoms with E-state index in [1.54, 1.807) is 96.0 Å². The van der Waals surface area contributed by atoms with E-state index in [2.05, 4.69) is 0 Å². The second-order valence-corrected chi connectivity index (χ2v) is 35.5. The predicted molar refractivity (Wildman–Crippen MR) is 576 cm³/mol. The monoisotopic (exact) mass is 2000 g/mol. The number of hydrogen-bond acceptors (Lipinski definition) is 21. The van der Waals surface area contributed by atoms with E-state index in [0.29, 0.717) is 120 Å². The van der Waals surface area contributed by atoms with E-state index < -0.39 is 271 Å². The highest BCUT2D eigenvalue weighted by atomic mass is 16.5. The number of aliphatic hydroxyl groups is 7. The summed E-state index contributed by atoms with van der Waals surface area (Å²) in [6.07, 6.45) is -44.5. The molecule has 0 aliphatic heterocycles. The first kappa shape index (κ1) is 55.4. The van der Waals surface area contributed by atoms with Crippen molar-refractivity contribution >= 4 is 0 Å². The van der Waals surface area contributed by atoms with Gasteiger partial charge in [0.25, 0.3) is 0 Å². The Morgan fingerprint density at radius 1 is 0.236 bits per heavy atom. The molecule has 14 rings (SSSR count). The second kappa shape index (κ2) is 58.7. The van der Waals surface area contributed by atoms with Crippen molar-refractivity contribution in [3.63, 3.8) is 0 Å². The first-order chi connectivity index (χ1) is 91.7. The topological polar surface area (TPSA) is 229 Å². The Morgan fingerprint density at radius 3 is 0.650 bits per heavy atom. The standard InChI is InChI=1S/7C17H27NO2/c7*1-18(2)13-16(17(19)11-5-4-6-12-17)14-7-9-15(20-3)10-8-14/h7*7-10,16,19H,4-6,11-13H2,1-3H3/i1D3,2D3,4D2,5D2,6D2,11D2,12D2;1D3,4D2,5D2,6D2,11D2,12D2;4D2,5D2,6D2,11D2,12D2;1D3,2D3,13D2,16D;1D3,13D2,16D;1D3,2D3,16D;13D2,16D. The molecule has 0 amide bonds. The van der Waals surface area contributed by atoms with Gasteiger partial charge in [0.1, 0.15) is 40.2 Å². The average molecular weight is 2010 g/mol. The van der Waals surface area contributed by atoms with Crippen molar-refractivity contribution in [2.45, 2.75) is 305 Å².